The summed E-state index contributed by atoms with van der Waals surface area (Å²) in [5.41, 5.74) is 3.24. The fourth-order valence-corrected chi connectivity index (χ4v) is 3.12. The average Bonchev–Trinajstić information content (AvgIpc) is 2.73. The van der Waals surface area contributed by atoms with Gasteiger partial charge in [0.1, 0.15) is 0 Å². The highest BCUT2D eigenvalue weighted by atomic mass is 16.2. The molecule has 1 aromatic rings. The summed E-state index contributed by atoms with van der Waals surface area (Å²) in [6, 6.07) is 6.12. The van der Waals surface area contributed by atoms with E-state index in [0.29, 0.717) is 12.8 Å². The van der Waals surface area contributed by atoms with Gasteiger partial charge < -0.3 is 5.32 Å². The van der Waals surface area contributed by atoms with Gasteiger partial charge in [-0.25, -0.2) is 0 Å². The van der Waals surface area contributed by atoms with E-state index in [4.69, 9.17) is 0 Å². The maximum Gasteiger partial charge on any atom is 0.234 e. The molecule has 0 aromatic heterocycles. The van der Waals surface area contributed by atoms with Crippen LogP contribution < -0.4 is 5.32 Å². The maximum atomic E-state index is 12.4. The smallest absolute Gasteiger partial charge is 0.234 e. The van der Waals surface area contributed by atoms with E-state index in [2.05, 4.69) is 5.32 Å². The number of allylic oxidation sites excluding steroid dienone is 2. The molecule has 0 spiro atoms. The molecule has 0 unspecified atom stereocenters. The number of hydrogen-bond donors (Lipinski definition) is 1. The largest absolute Gasteiger partial charge is 0.367 e. The SMILES string of the molecule is Cc1ccc(C)c(NCN2C(=O)[C@H]3CC=CC[C@H]3C2=O)c1. The van der Waals surface area contributed by atoms with Crippen LogP contribution in [0.25, 0.3) is 0 Å². The fraction of sp³-hybridized carbons (Fsp3) is 0.412. The van der Waals surface area contributed by atoms with Gasteiger partial charge in [-0.05, 0) is 43.9 Å². The predicted molar refractivity (Wildman–Crippen MR) is 81.6 cm³/mol. The van der Waals surface area contributed by atoms with Crippen LogP contribution in [0.3, 0.4) is 0 Å². The van der Waals surface area contributed by atoms with Crippen LogP contribution in [0.1, 0.15) is 24.0 Å². The van der Waals surface area contributed by atoms with Crippen molar-refractivity contribution in [2.24, 2.45) is 11.8 Å². The third-order valence-electron chi connectivity index (χ3n) is 4.42. The van der Waals surface area contributed by atoms with Crippen LogP contribution in [0.4, 0.5) is 5.69 Å². The van der Waals surface area contributed by atoms with E-state index < -0.39 is 0 Å². The van der Waals surface area contributed by atoms with Crippen LogP contribution >= 0.6 is 0 Å². The summed E-state index contributed by atoms with van der Waals surface area (Å²) in [5.74, 6) is -0.370. The number of anilines is 1. The summed E-state index contributed by atoms with van der Waals surface area (Å²) in [6.07, 6.45) is 5.40. The molecule has 1 fully saturated rings. The molecule has 0 bridgehead atoms. The number of hydrogen-bond acceptors (Lipinski definition) is 3. The molecule has 4 heteroatoms. The summed E-state index contributed by atoms with van der Waals surface area (Å²) < 4.78 is 0. The predicted octanol–water partition coefficient (Wildman–Crippen LogP) is 2.62. The van der Waals surface area contributed by atoms with Gasteiger partial charge in [0, 0.05) is 5.69 Å². The Kier molecular flexibility index (Phi) is 3.53. The molecule has 1 saturated heterocycles. The number of nitrogens with zero attached hydrogens (tertiary/aromatic N) is 1. The van der Waals surface area contributed by atoms with Crippen molar-refractivity contribution in [1.82, 2.24) is 4.90 Å². The summed E-state index contributed by atoms with van der Waals surface area (Å²) in [4.78, 5) is 26.1. The Morgan fingerprint density at radius 3 is 2.33 bits per heavy atom. The van der Waals surface area contributed by atoms with Crippen molar-refractivity contribution in [3.05, 3.63) is 41.5 Å². The lowest BCUT2D eigenvalue weighted by atomic mass is 9.85. The Labute approximate surface area is 124 Å². The van der Waals surface area contributed by atoms with Crippen molar-refractivity contribution in [3.8, 4) is 0 Å². The molecule has 2 atom stereocenters. The zero-order valence-corrected chi connectivity index (χ0v) is 12.4. The van der Waals surface area contributed by atoms with Crippen molar-refractivity contribution in [3.63, 3.8) is 0 Å². The number of amides is 2. The number of carbonyl (C=O) groups excluding carboxylic acids is 2. The number of fused-ring (bicyclic) bond motifs is 1. The van der Waals surface area contributed by atoms with E-state index in [1.807, 2.05) is 44.2 Å². The number of rotatable bonds is 3. The second-order valence-electron chi connectivity index (χ2n) is 5.91. The first kappa shape index (κ1) is 13.9. The normalized spacial score (nSPS) is 24.4. The second kappa shape index (κ2) is 5.35. The van der Waals surface area contributed by atoms with Gasteiger partial charge in [-0.1, -0.05) is 24.3 Å². The quantitative estimate of drug-likeness (QED) is 0.685. The molecule has 21 heavy (non-hydrogen) atoms. The summed E-state index contributed by atoms with van der Waals surface area (Å²) in [7, 11) is 0. The first-order valence-electron chi connectivity index (χ1n) is 7.39. The Morgan fingerprint density at radius 1 is 1.10 bits per heavy atom. The molecule has 1 aliphatic heterocycles. The molecule has 3 rings (SSSR count). The molecule has 0 saturated carbocycles. The highest BCUT2D eigenvalue weighted by Gasteiger charge is 2.46. The van der Waals surface area contributed by atoms with E-state index in [0.717, 1.165) is 16.8 Å². The number of aryl methyl sites for hydroxylation is 2. The van der Waals surface area contributed by atoms with Gasteiger partial charge in [0.05, 0.1) is 18.5 Å². The highest BCUT2D eigenvalue weighted by Crippen LogP contribution is 2.34. The van der Waals surface area contributed by atoms with Gasteiger partial charge in [-0.15, -0.1) is 0 Å². The van der Waals surface area contributed by atoms with Gasteiger partial charge in [-0.3, -0.25) is 14.5 Å². The zero-order chi connectivity index (χ0) is 15.0. The molecule has 4 nitrogen and oxygen atoms in total. The zero-order valence-electron chi connectivity index (χ0n) is 12.4. The second-order valence-corrected chi connectivity index (χ2v) is 5.91. The summed E-state index contributed by atoms with van der Waals surface area (Å²) >= 11 is 0. The van der Waals surface area contributed by atoms with Crippen molar-refractivity contribution in [2.75, 3.05) is 12.0 Å². The van der Waals surface area contributed by atoms with Crippen LogP contribution in [0.5, 0.6) is 0 Å². The molecule has 110 valence electrons. The van der Waals surface area contributed by atoms with Crippen molar-refractivity contribution in [1.29, 1.82) is 0 Å². The third-order valence-corrected chi connectivity index (χ3v) is 4.42. The third kappa shape index (κ3) is 2.46. The Hall–Kier alpha value is -2.10. The number of imide groups is 1. The molecule has 1 aromatic carbocycles. The molecule has 1 heterocycles. The standard InChI is InChI=1S/C17H20N2O2/c1-11-7-8-12(2)15(9-11)18-10-19-16(20)13-5-3-4-6-14(13)17(19)21/h3-4,7-9,13-14,18H,5-6,10H2,1-2H3/t13-,14+. The number of carbonyl (C=O) groups is 2. The van der Waals surface area contributed by atoms with Crippen LogP contribution in [0.2, 0.25) is 0 Å². The van der Waals surface area contributed by atoms with E-state index in [1.54, 1.807) is 0 Å². The van der Waals surface area contributed by atoms with E-state index in [-0.39, 0.29) is 30.3 Å². The van der Waals surface area contributed by atoms with Crippen molar-refractivity contribution < 1.29 is 9.59 Å². The first-order valence-corrected chi connectivity index (χ1v) is 7.39. The molecule has 2 amide bonds. The summed E-state index contributed by atoms with van der Waals surface area (Å²) in [5, 5.41) is 3.23. The molecule has 2 aliphatic rings. The molecular weight excluding hydrogens is 264 g/mol. The fourth-order valence-electron chi connectivity index (χ4n) is 3.12. The van der Waals surface area contributed by atoms with Gasteiger partial charge >= 0.3 is 0 Å². The van der Waals surface area contributed by atoms with E-state index in [1.165, 1.54) is 4.90 Å². The lowest BCUT2D eigenvalue weighted by molar-refractivity contribution is -0.139. The Balaban J connectivity index is 1.72. The number of benzene rings is 1. The van der Waals surface area contributed by atoms with Gasteiger partial charge in [0.25, 0.3) is 0 Å². The van der Waals surface area contributed by atoms with E-state index >= 15 is 0 Å². The van der Waals surface area contributed by atoms with Crippen LogP contribution in [0.15, 0.2) is 30.4 Å². The molecule has 1 aliphatic carbocycles. The van der Waals surface area contributed by atoms with Crippen LogP contribution in [-0.2, 0) is 9.59 Å². The minimum Gasteiger partial charge on any atom is -0.367 e. The Morgan fingerprint density at radius 2 is 1.71 bits per heavy atom. The monoisotopic (exact) mass is 284 g/mol. The first-order chi connectivity index (χ1) is 10.1. The van der Waals surface area contributed by atoms with E-state index in [9.17, 15) is 9.59 Å². The number of nitrogens with one attached hydrogen (secondary N) is 1. The molecule has 1 N–H and O–H groups in total. The highest BCUT2D eigenvalue weighted by molar-refractivity contribution is 6.05. The minimum atomic E-state index is -0.150. The summed E-state index contributed by atoms with van der Waals surface area (Å²) in [6.45, 7) is 4.30. The number of likely N-dealkylation sites (tertiary alicyclic amines) is 1. The minimum absolute atomic E-state index is 0.0350. The lowest BCUT2D eigenvalue weighted by Crippen LogP contribution is -2.35. The topological polar surface area (TPSA) is 49.4 Å². The van der Waals surface area contributed by atoms with Gasteiger partial charge in [0.15, 0.2) is 0 Å². The molecular formula is C17H20N2O2. The van der Waals surface area contributed by atoms with Gasteiger partial charge in [0.2, 0.25) is 11.8 Å². The van der Waals surface area contributed by atoms with Crippen molar-refractivity contribution in [2.45, 2.75) is 26.7 Å². The molecule has 0 radical (unpaired) electrons. The van der Waals surface area contributed by atoms with Crippen LogP contribution in [-0.4, -0.2) is 23.4 Å². The lowest BCUT2D eigenvalue weighted by Gasteiger charge is -2.18. The Bertz CT molecular complexity index is 595. The van der Waals surface area contributed by atoms with Crippen molar-refractivity contribution >= 4 is 17.5 Å². The van der Waals surface area contributed by atoms with Gasteiger partial charge in [-0.2, -0.15) is 0 Å². The maximum absolute atomic E-state index is 12.4. The van der Waals surface area contributed by atoms with Crippen LogP contribution in [0, 0.1) is 25.7 Å². The average molecular weight is 284 g/mol.